The van der Waals surface area contributed by atoms with Crippen LogP contribution in [-0.4, -0.2) is 37.2 Å². The van der Waals surface area contributed by atoms with Gasteiger partial charge in [-0.3, -0.25) is 4.79 Å². The molecule has 32 heavy (non-hydrogen) atoms. The number of ether oxygens (including phenoxy) is 1. The van der Waals surface area contributed by atoms with Crippen LogP contribution in [0.3, 0.4) is 0 Å². The maximum Gasteiger partial charge on any atom is 0.266 e. The van der Waals surface area contributed by atoms with Crippen molar-refractivity contribution in [3.63, 3.8) is 0 Å². The first-order valence-electron chi connectivity index (χ1n) is 9.80. The SMILES string of the molecule is N#C/C(=C\c1csc(-c2ccc(F)cc2)n1)C(=O)Nc1cc(Cl)ccc1N1CCOCC1. The van der Waals surface area contributed by atoms with E-state index >= 15 is 0 Å². The monoisotopic (exact) mass is 468 g/mol. The van der Waals surface area contributed by atoms with Crippen molar-refractivity contribution in [3.8, 4) is 16.6 Å². The minimum absolute atomic E-state index is 0.0890. The van der Waals surface area contributed by atoms with E-state index in [1.165, 1.54) is 29.5 Å². The Morgan fingerprint density at radius 3 is 2.72 bits per heavy atom. The van der Waals surface area contributed by atoms with Gasteiger partial charge in [-0.05, 0) is 48.5 Å². The molecule has 1 amide bonds. The smallest absolute Gasteiger partial charge is 0.266 e. The predicted octanol–water partition coefficient (Wildman–Crippen LogP) is 4.98. The summed E-state index contributed by atoms with van der Waals surface area (Å²) in [5.74, 6) is -0.882. The number of amides is 1. The molecule has 162 valence electrons. The molecule has 1 aliphatic heterocycles. The van der Waals surface area contributed by atoms with E-state index in [4.69, 9.17) is 16.3 Å². The lowest BCUT2D eigenvalue weighted by atomic mass is 10.2. The standard InChI is InChI=1S/C23H18ClFN4O2S/c24-17-3-6-21(29-7-9-31-10-8-29)20(12-17)28-22(30)16(13-26)11-19-14-32-23(27-19)15-1-4-18(25)5-2-15/h1-6,11-12,14H,7-10H2,(H,28,30)/b16-11+. The molecule has 3 aromatic rings. The number of rotatable bonds is 5. The van der Waals surface area contributed by atoms with Crippen LogP contribution in [0.2, 0.25) is 5.02 Å². The summed E-state index contributed by atoms with van der Waals surface area (Å²) < 4.78 is 18.5. The van der Waals surface area contributed by atoms with Gasteiger partial charge in [0.25, 0.3) is 5.91 Å². The number of morpholine rings is 1. The van der Waals surface area contributed by atoms with E-state index in [-0.39, 0.29) is 11.4 Å². The number of carbonyl (C=O) groups excluding carboxylic acids is 1. The number of halogens is 2. The van der Waals surface area contributed by atoms with Crippen molar-refractivity contribution in [1.82, 2.24) is 4.98 Å². The first kappa shape index (κ1) is 22.0. The topological polar surface area (TPSA) is 78.2 Å². The van der Waals surface area contributed by atoms with Gasteiger partial charge in [0.15, 0.2) is 0 Å². The third kappa shape index (κ3) is 5.14. The van der Waals surface area contributed by atoms with Crippen LogP contribution in [0.15, 0.2) is 53.4 Å². The first-order chi connectivity index (χ1) is 15.5. The molecule has 0 bridgehead atoms. The van der Waals surface area contributed by atoms with Crippen LogP contribution in [0, 0.1) is 17.1 Å². The molecule has 0 unspecified atom stereocenters. The Morgan fingerprint density at radius 2 is 2.00 bits per heavy atom. The van der Waals surface area contributed by atoms with Gasteiger partial charge in [-0.2, -0.15) is 5.26 Å². The summed E-state index contributed by atoms with van der Waals surface area (Å²) >= 11 is 7.49. The highest BCUT2D eigenvalue weighted by Gasteiger charge is 2.18. The van der Waals surface area contributed by atoms with E-state index in [9.17, 15) is 14.4 Å². The number of nitrogens with one attached hydrogen (secondary N) is 1. The van der Waals surface area contributed by atoms with Crippen LogP contribution in [-0.2, 0) is 9.53 Å². The Kier molecular flexibility index (Phi) is 6.81. The lowest BCUT2D eigenvalue weighted by Crippen LogP contribution is -2.36. The fourth-order valence-corrected chi connectivity index (χ4v) is 4.21. The molecule has 2 heterocycles. The Morgan fingerprint density at radius 1 is 1.25 bits per heavy atom. The van der Waals surface area contributed by atoms with E-state index in [1.807, 2.05) is 12.1 Å². The molecule has 1 fully saturated rings. The maximum atomic E-state index is 13.1. The van der Waals surface area contributed by atoms with E-state index in [1.54, 1.807) is 29.6 Å². The number of anilines is 2. The number of hydrogen-bond acceptors (Lipinski definition) is 6. The zero-order valence-electron chi connectivity index (χ0n) is 16.8. The van der Waals surface area contributed by atoms with E-state index < -0.39 is 5.91 Å². The second kappa shape index (κ2) is 9.92. The van der Waals surface area contributed by atoms with Crippen molar-refractivity contribution in [3.05, 3.63) is 70.0 Å². The summed E-state index contributed by atoms with van der Waals surface area (Å²) in [4.78, 5) is 19.4. The summed E-state index contributed by atoms with van der Waals surface area (Å²) in [6, 6.07) is 13.2. The van der Waals surface area contributed by atoms with Crippen LogP contribution in [0.25, 0.3) is 16.6 Å². The second-order valence-corrected chi connectivity index (χ2v) is 8.26. The lowest BCUT2D eigenvalue weighted by molar-refractivity contribution is -0.112. The fraction of sp³-hybridized carbons (Fsp3) is 0.174. The third-order valence-corrected chi connectivity index (χ3v) is 5.97. The molecule has 0 saturated carbocycles. The van der Waals surface area contributed by atoms with E-state index in [2.05, 4.69) is 15.2 Å². The van der Waals surface area contributed by atoms with Gasteiger partial charge in [0, 0.05) is 29.1 Å². The quantitative estimate of drug-likeness (QED) is 0.422. The largest absolute Gasteiger partial charge is 0.378 e. The highest BCUT2D eigenvalue weighted by atomic mass is 35.5. The number of benzene rings is 2. The van der Waals surface area contributed by atoms with Crippen molar-refractivity contribution < 1.29 is 13.9 Å². The number of hydrogen-bond donors (Lipinski definition) is 1. The summed E-state index contributed by atoms with van der Waals surface area (Å²) in [5, 5.41) is 15.2. The number of thiazole rings is 1. The molecule has 1 aliphatic rings. The number of carbonyl (C=O) groups is 1. The number of nitriles is 1. The van der Waals surface area contributed by atoms with Crippen molar-refractivity contribution in [2.45, 2.75) is 0 Å². The minimum Gasteiger partial charge on any atom is -0.378 e. The summed E-state index contributed by atoms with van der Waals surface area (Å²) in [7, 11) is 0. The second-order valence-electron chi connectivity index (χ2n) is 6.97. The fourth-order valence-electron chi connectivity index (χ4n) is 3.25. The molecule has 1 saturated heterocycles. The van der Waals surface area contributed by atoms with Gasteiger partial charge in [0.05, 0.1) is 30.3 Å². The van der Waals surface area contributed by atoms with Gasteiger partial charge in [0.1, 0.15) is 22.5 Å². The summed E-state index contributed by atoms with van der Waals surface area (Å²) in [6.45, 7) is 2.58. The molecule has 1 aromatic heterocycles. The molecule has 0 spiro atoms. The Bertz CT molecular complexity index is 1200. The van der Waals surface area contributed by atoms with Crippen LogP contribution >= 0.6 is 22.9 Å². The van der Waals surface area contributed by atoms with Crippen LogP contribution in [0.5, 0.6) is 0 Å². The minimum atomic E-state index is -0.555. The van der Waals surface area contributed by atoms with Gasteiger partial charge in [0.2, 0.25) is 0 Å². The highest BCUT2D eigenvalue weighted by molar-refractivity contribution is 7.13. The Hall–Kier alpha value is -3.25. The summed E-state index contributed by atoms with van der Waals surface area (Å²) in [6.07, 6.45) is 1.43. The predicted molar refractivity (Wildman–Crippen MR) is 124 cm³/mol. The molecule has 0 radical (unpaired) electrons. The van der Waals surface area contributed by atoms with Gasteiger partial charge < -0.3 is 15.0 Å². The molecule has 1 N–H and O–H groups in total. The zero-order chi connectivity index (χ0) is 22.5. The molecule has 6 nitrogen and oxygen atoms in total. The normalized spacial score (nSPS) is 14.2. The van der Waals surface area contributed by atoms with Gasteiger partial charge in [-0.15, -0.1) is 11.3 Å². The van der Waals surface area contributed by atoms with E-state index in [0.29, 0.717) is 47.7 Å². The van der Waals surface area contributed by atoms with Crippen molar-refractivity contribution in [2.24, 2.45) is 0 Å². The van der Waals surface area contributed by atoms with Gasteiger partial charge >= 0.3 is 0 Å². The maximum absolute atomic E-state index is 13.1. The van der Waals surface area contributed by atoms with Crippen LogP contribution in [0.1, 0.15) is 5.69 Å². The Labute approximate surface area is 193 Å². The van der Waals surface area contributed by atoms with Crippen LogP contribution < -0.4 is 10.2 Å². The molecular formula is C23H18ClFN4O2S. The van der Waals surface area contributed by atoms with Crippen molar-refractivity contribution in [1.29, 1.82) is 5.26 Å². The molecular weight excluding hydrogens is 451 g/mol. The number of aromatic nitrogens is 1. The molecule has 0 aliphatic carbocycles. The zero-order valence-corrected chi connectivity index (χ0v) is 18.4. The van der Waals surface area contributed by atoms with Crippen molar-refractivity contribution >= 4 is 46.3 Å². The van der Waals surface area contributed by atoms with Gasteiger partial charge in [-0.25, -0.2) is 9.37 Å². The highest BCUT2D eigenvalue weighted by Crippen LogP contribution is 2.30. The third-order valence-electron chi connectivity index (χ3n) is 4.83. The van der Waals surface area contributed by atoms with Gasteiger partial charge in [-0.1, -0.05) is 11.6 Å². The number of nitrogens with zero attached hydrogens (tertiary/aromatic N) is 3. The summed E-state index contributed by atoms with van der Waals surface area (Å²) in [5.41, 5.74) is 2.48. The lowest BCUT2D eigenvalue weighted by Gasteiger charge is -2.30. The average Bonchev–Trinajstić information content (AvgIpc) is 3.27. The molecule has 2 aromatic carbocycles. The van der Waals surface area contributed by atoms with E-state index in [0.717, 1.165) is 11.3 Å². The van der Waals surface area contributed by atoms with Crippen molar-refractivity contribution in [2.75, 3.05) is 36.5 Å². The van der Waals surface area contributed by atoms with Crippen LogP contribution in [0.4, 0.5) is 15.8 Å². The molecule has 9 heteroatoms. The Balaban J connectivity index is 1.55. The molecule has 4 rings (SSSR count). The average molecular weight is 469 g/mol. The first-order valence-corrected chi connectivity index (χ1v) is 11.1. The molecule has 0 atom stereocenters.